The van der Waals surface area contributed by atoms with Crippen molar-refractivity contribution >= 4 is 11.9 Å². The lowest BCUT2D eigenvalue weighted by Gasteiger charge is -2.30. The van der Waals surface area contributed by atoms with E-state index < -0.39 is 12.1 Å². The monoisotopic (exact) mass is 200 g/mol. The summed E-state index contributed by atoms with van der Waals surface area (Å²) >= 11 is 0. The van der Waals surface area contributed by atoms with Crippen molar-refractivity contribution in [1.29, 1.82) is 0 Å². The predicted molar refractivity (Wildman–Crippen MR) is 49.5 cm³/mol. The average molecular weight is 200 g/mol. The molecule has 0 saturated carbocycles. The third-order valence-corrected chi connectivity index (χ3v) is 2.41. The molecule has 0 aliphatic carbocycles. The normalized spacial score (nSPS) is 32.2. The molecule has 14 heavy (non-hydrogen) atoms. The van der Waals surface area contributed by atoms with Crippen molar-refractivity contribution < 1.29 is 19.1 Å². The van der Waals surface area contributed by atoms with Gasteiger partial charge in [0.1, 0.15) is 0 Å². The first-order chi connectivity index (χ1) is 6.56. The molecule has 1 fully saturated rings. The third kappa shape index (κ3) is 2.25. The summed E-state index contributed by atoms with van der Waals surface area (Å²) in [6.07, 6.45) is -0.0267. The number of cyclic esters (lactones) is 1. The number of carbonyl (C=O) groups is 2. The van der Waals surface area contributed by atoms with Crippen LogP contribution >= 0.6 is 0 Å². The Kier molecular flexibility index (Phi) is 3.49. The highest BCUT2D eigenvalue weighted by atomic mass is 16.6. The van der Waals surface area contributed by atoms with Crippen LogP contribution < -0.4 is 0 Å². The topological polar surface area (TPSA) is 52.6 Å². The lowest BCUT2D eigenvalue weighted by molar-refractivity contribution is -0.180. The van der Waals surface area contributed by atoms with Gasteiger partial charge in [-0.15, -0.1) is 0 Å². The lowest BCUT2D eigenvalue weighted by Crippen LogP contribution is -2.41. The van der Waals surface area contributed by atoms with Crippen LogP contribution in [0.5, 0.6) is 0 Å². The number of esters is 2. The highest BCUT2D eigenvalue weighted by Gasteiger charge is 2.38. The van der Waals surface area contributed by atoms with Gasteiger partial charge < -0.3 is 9.47 Å². The minimum Gasteiger partial charge on any atom is -0.463 e. The number of ether oxygens (including phenoxy) is 2. The van der Waals surface area contributed by atoms with Gasteiger partial charge in [0, 0.05) is 5.92 Å². The Morgan fingerprint density at radius 1 is 1.57 bits per heavy atom. The maximum Gasteiger partial charge on any atom is 0.347 e. The molecule has 0 aromatic heterocycles. The van der Waals surface area contributed by atoms with Crippen LogP contribution in [0.25, 0.3) is 0 Å². The number of carbonyl (C=O) groups excluding carboxylic acids is 2. The van der Waals surface area contributed by atoms with E-state index in [0.29, 0.717) is 13.0 Å². The summed E-state index contributed by atoms with van der Waals surface area (Å²) in [4.78, 5) is 22.6. The van der Waals surface area contributed by atoms with Crippen LogP contribution in [0.3, 0.4) is 0 Å². The van der Waals surface area contributed by atoms with Gasteiger partial charge in [-0.2, -0.15) is 0 Å². The zero-order valence-electron chi connectivity index (χ0n) is 8.78. The molecule has 0 amide bonds. The van der Waals surface area contributed by atoms with E-state index in [4.69, 9.17) is 9.47 Å². The molecule has 4 nitrogen and oxygen atoms in total. The van der Waals surface area contributed by atoms with Crippen molar-refractivity contribution in [3.8, 4) is 0 Å². The van der Waals surface area contributed by atoms with E-state index in [-0.39, 0.29) is 17.8 Å². The highest BCUT2D eigenvalue weighted by Crippen LogP contribution is 2.26. The second kappa shape index (κ2) is 4.44. The Hall–Kier alpha value is -1.06. The van der Waals surface area contributed by atoms with Crippen LogP contribution in [0, 0.1) is 11.8 Å². The fourth-order valence-corrected chi connectivity index (χ4v) is 1.64. The standard InChI is InChI=1S/C10H16O4/c1-4-13-10(12)8-6(2)5-7(3)9(11)14-8/h6-8H,4-5H2,1-3H3/t6-,7+,8+/m0/s1. The van der Waals surface area contributed by atoms with Crippen LogP contribution in [-0.2, 0) is 19.1 Å². The molecule has 0 bridgehead atoms. The Labute approximate surface area is 83.6 Å². The van der Waals surface area contributed by atoms with Crippen molar-refractivity contribution in [2.24, 2.45) is 11.8 Å². The molecule has 3 atom stereocenters. The van der Waals surface area contributed by atoms with E-state index in [1.165, 1.54) is 0 Å². The molecule has 1 aliphatic rings. The molecule has 0 N–H and O–H groups in total. The van der Waals surface area contributed by atoms with Crippen molar-refractivity contribution in [1.82, 2.24) is 0 Å². The van der Waals surface area contributed by atoms with Crippen molar-refractivity contribution in [2.45, 2.75) is 33.3 Å². The maximum absolute atomic E-state index is 11.4. The van der Waals surface area contributed by atoms with Crippen molar-refractivity contribution in [3.05, 3.63) is 0 Å². The quantitative estimate of drug-likeness (QED) is 0.627. The van der Waals surface area contributed by atoms with E-state index in [1.54, 1.807) is 13.8 Å². The Bertz CT molecular complexity index is 236. The molecule has 1 heterocycles. The third-order valence-electron chi connectivity index (χ3n) is 2.41. The van der Waals surface area contributed by atoms with Gasteiger partial charge in [-0.25, -0.2) is 4.79 Å². The van der Waals surface area contributed by atoms with Gasteiger partial charge in [0.15, 0.2) is 0 Å². The summed E-state index contributed by atoms with van der Waals surface area (Å²) in [5.41, 5.74) is 0. The summed E-state index contributed by atoms with van der Waals surface area (Å²) in [7, 11) is 0. The van der Waals surface area contributed by atoms with Crippen molar-refractivity contribution in [3.63, 3.8) is 0 Å². The van der Waals surface area contributed by atoms with E-state index in [2.05, 4.69) is 0 Å². The summed E-state index contributed by atoms with van der Waals surface area (Å²) < 4.78 is 9.83. The van der Waals surface area contributed by atoms with Gasteiger partial charge in [-0.05, 0) is 13.3 Å². The molecule has 0 radical (unpaired) electrons. The summed E-state index contributed by atoms with van der Waals surface area (Å²) in [5, 5.41) is 0. The Morgan fingerprint density at radius 3 is 2.79 bits per heavy atom. The maximum atomic E-state index is 11.4. The first-order valence-corrected chi connectivity index (χ1v) is 4.93. The number of rotatable bonds is 2. The van der Waals surface area contributed by atoms with E-state index in [9.17, 15) is 9.59 Å². The van der Waals surface area contributed by atoms with Crippen LogP contribution in [0.1, 0.15) is 27.2 Å². The first-order valence-electron chi connectivity index (χ1n) is 4.93. The van der Waals surface area contributed by atoms with Gasteiger partial charge in [-0.1, -0.05) is 13.8 Å². The molecule has 0 aromatic rings. The first kappa shape index (κ1) is 11.0. The zero-order chi connectivity index (χ0) is 10.7. The number of hydrogen-bond acceptors (Lipinski definition) is 4. The molecule has 80 valence electrons. The average Bonchev–Trinajstić information content (AvgIpc) is 2.11. The molecule has 1 saturated heterocycles. The minimum atomic E-state index is -0.710. The minimum absolute atomic E-state index is 0.0433. The summed E-state index contributed by atoms with van der Waals surface area (Å²) in [6.45, 7) is 5.75. The second-order valence-electron chi connectivity index (χ2n) is 3.72. The number of hydrogen-bond donors (Lipinski definition) is 0. The smallest absolute Gasteiger partial charge is 0.347 e. The molecule has 4 heteroatoms. The van der Waals surface area contributed by atoms with Crippen LogP contribution in [0.2, 0.25) is 0 Å². The van der Waals surface area contributed by atoms with Gasteiger partial charge in [0.2, 0.25) is 6.10 Å². The molecule has 0 spiro atoms. The molecule has 1 rings (SSSR count). The van der Waals surface area contributed by atoms with Crippen molar-refractivity contribution in [2.75, 3.05) is 6.61 Å². The predicted octanol–water partition coefficient (Wildman–Crippen LogP) is 1.14. The second-order valence-corrected chi connectivity index (χ2v) is 3.72. The Morgan fingerprint density at radius 2 is 2.21 bits per heavy atom. The molecular formula is C10H16O4. The summed E-state index contributed by atoms with van der Waals surface area (Å²) in [5.74, 6) is -0.807. The van der Waals surface area contributed by atoms with Gasteiger partial charge >= 0.3 is 11.9 Å². The van der Waals surface area contributed by atoms with Crippen LogP contribution in [0.15, 0.2) is 0 Å². The van der Waals surface area contributed by atoms with Crippen LogP contribution in [0.4, 0.5) is 0 Å². The SMILES string of the molecule is CCOC(=O)[C@@H]1OC(=O)[C@H](C)C[C@@H]1C. The van der Waals surface area contributed by atoms with E-state index >= 15 is 0 Å². The van der Waals surface area contributed by atoms with Gasteiger partial charge in [-0.3, -0.25) is 4.79 Å². The van der Waals surface area contributed by atoms with Crippen LogP contribution in [-0.4, -0.2) is 24.6 Å². The zero-order valence-corrected chi connectivity index (χ0v) is 8.78. The van der Waals surface area contributed by atoms with E-state index in [1.807, 2.05) is 6.92 Å². The fraction of sp³-hybridized carbons (Fsp3) is 0.800. The van der Waals surface area contributed by atoms with Gasteiger partial charge in [0.25, 0.3) is 0 Å². The molecule has 0 unspecified atom stereocenters. The highest BCUT2D eigenvalue weighted by molar-refractivity contribution is 5.81. The largest absolute Gasteiger partial charge is 0.463 e. The molecule has 1 aliphatic heterocycles. The Balaban J connectivity index is 2.61. The fourth-order valence-electron chi connectivity index (χ4n) is 1.64. The van der Waals surface area contributed by atoms with E-state index in [0.717, 1.165) is 0 Å². The molecular weight excluding hydrogens is 184 g/mol. The lowest BCUT2D eigenvalue weighted by atomic mass is 9.90. The van der Waals surface area contributed by atoms with Gasteiger partial charge in [0.05, 0.1) is 12.5 Å². The summed E-state index contributed by atoms with van der Waals surface area (Å²) in [6, 6.07) is 0. The molecule has 0 aromatic carbocycles.